The molecule has 70 valence electrons. The maximum absolute atomic E-state index is 12.9. The third kappa shape index (κ3) is 1.87. The molecule has 0 aliphatic heterocycles. The van der Waals surface area contributed by atoms with Crippen molar-refractivity contribution in [1.29, 1.82) is 0 Å². The molecule has 0 spiro atoms. The summed E-state index contributed by atoms with van der Waals surface area (Å²) in [6, 6.07) is -1.50. The van der Waals surface area contributed by atoms with E-state index >= 15 is 0 Å². The second kappa shape index (κ2) is 3.57. The molecule has 6 heteroatoms. The van der Waals surface area contributed by atoms with Crippen LogP contribution < -0.4 is 5.73 Å². The largest absolute Gasteiger partial charge is 0.322 e. The highest BCUT2D eigenvalue weighted by molar-refractivity contribution is 7.81. The molecule has 4 nitrogen and oxygen atoms in total. The van der Waals surface area contributed by atoms with Gasteiger partial charge in [0, 0.05) is 16.6 Å². The first-order chi connectivity index (χ1) is 5.52. The Hall–Kier alpha value is -0.360. The maximum atomic E-state index is 12.9. The quantitative estimate of drug-likeness (QED) is 0.360. The van der Waals surface area contributed by atoms with Crippen LogP contribution in [-0.2, 0) is 0 Å². The molecular weight excluding hydrogens is 183 g/mol. The predicted molar refractivity (Wildman–Crippen MR) is 45.7 cm³/mol. The van der Waals surface area contributed by atoms with Crippen LogP contribution in [0.5, 0.6) is 0 Å². The van der Waals surface area contributed by atoms with Gasteiger partial charge in [0.2, 0.25) is 6.04 Å². The Morgan fingerprint density at radius 3 is 2.67 bits per heavy atom. The molecule has 4 unspecified atom stereocenters. The predicted octanol–water partition coefficient (Wildman–Crippen LogP) is 0.389. The summed E-state index contributed by atoms with van der Waals surface area (Å²) >= 11 is 3.95. The summed E-state index contributed by atoms with van der Waals surface area (Å²) in [5, 5.41) is 9.90. The highest BCUT2D eigenvalue weighted by Gasteiger charge is 2.40. The topological polar surface area (TPSA) is 69.2 Å². The van der Waals surface area contributed by atoms with Crippen LogP contribution >= 0.6 is 12.6 Å². The average molecular weight is 194 g/mol. The Morgan fingerprint density at radius 2 is 2.17 bits per heavy atom. The van der Waals surface area contributed by atoms with E-state index in [2.05, 4.69) is 12.6 Å². The second-order valence-electron chi connectivity index (χ2n) is 3.07. The van der Waals surface area contributed by atoms with E-state index in [1.54, 1.807) is 0 Å². The summed E-state index contributed by atoms with van der Waals surface area (Å²) in [5.74, 6) is 0. The normalized spacial score (nSPS) is 42.6. The molecule has 1 saturated carbocycles. The summed E-state index contributed by atoms with van der Waals surface area (Å²) in [4.78, 5) is 9.85. The van der Waals surface area contributed by atoms with Crippen molar-refractivity contribution < 1.29 is 9.31 Å². The van der Waals surface area contributed by atoms with Crippen molar-refractivity contribution in [2.45, 2.75) is 36.3 Å². The molecule has 1 aliphatic rings. The molecule has 0 aromatic heterocycles. The minimum atomic E-state index is -1.21. The highest BCUT2D eigenvalue weighted by Crippen LogP contribution is 2.26. The number of hydrogen-bond donors (Lipinski definition) is 2. The van der Waals surface area contributed by atoms with E-state index in [4.69, 9.17) is 5.73 Å². The van der Waals surface area contributed by atoms with Crippen molar-refractivity contribution in [3.8, 4) is 0 Å². The number of rotatable bonds is 1. The van der Waals surface area contributed by atoms with Gasteiger partial charge in [-0.05, 0) is 6.42 Å². The molecule has 0 aromatic carbocycles. The Labute approximate surface area is 74.9 Å². The van der Waals surface area contributed by atoms with Crippen molar-refractivity contribution in [2.75, 3.05) is 0 Å². The van der Waals surface area contributed by atoms with Crippen LogP contribution in [0.4, 0.5) is 4.39 Å². The highest BCUT2D eigenvalue weighted by atomic mass is 32.1. The molecule has 0 radical (unpaired) electrons. The molecule has 4 atom stereocenters. The molecule has 0 aromatic rings. The molecular formula is C6H11FN2O2S. The first-order valence-corrected chi connectivity index (χ1v) is 4.25. The zero-order valence-corrected chi connectivity index (χ0v) is 7.28. The number of hydrogen-bond acceptors (Lipinski definition) is 4. The van der Waals surface area contributed by atoms with Crippen molar-refractivity contribution in [3.63, 3.8) is 0 Å². The lowest BCUT2D eigenvalue weighted by Crippen LogP contribution is -2.49. The van der Waals surface area contributed by atoms with Crippen LogP contribution in [0.25, 0.3) is 0 Å². The van der Waals surface area contributed by atoms with Crippen LogP contribution in [-0.4, -0.2) is 28.4 Å². The molecule has 0 amide bonds. The summed E-state index contributed by atoms with van der Waals surface area (Å²) in [5.41, 5.74) is 5.48. The molecule has 0 saturated heterocycles. The molecule has 1 rings (SSSR count). The minimum Gasteiger partial charge on any atom is -0.322 e. The molecule has 0 heterocycles. The summed E-state index contributed by atoms with van der Waals surface area (Å²) < 4.78 is 12.9. The lowest BCUT2D eigenvalue weighted by molar-refractivity contribution is -0.530. The van der Waals surface area contributed by atoms with Crippen molar-refractivity contribution in [3.05, 3.63) is 10.1 Å². The first-order valence-electron chi connectivity index (χ1n) is 3.73. The van der Waals surface area contributed by atoms with Gasteiger partial charge in [-0.1, -0.05) is 0 Å². The monoisotopic (exact) mass is 194 g/mol. The van der Waals surface area contributed by atoms with E-state index in [-0.39, 0.29) is 12.8 Å². The SMILES string of the molecule is NC1CC(S)C(F)CC1[N+](=O)[O-]. The number of thiol groups is 1. The number of nitro groups is 1. The van der Waals surface area contributed by atoms with Gasteiger partial charge in [0.05, 0.1) is 6.04 Å². The molecule has 2 N–H and O–H groups in total. The van der Waals surface area contributed by atoms with E-state index in [0.29, 0.717) is 0 Å². The van der Waals surface area contributed by atoms with Crippen molar-refractivity contribution >= 4 is 12.6 Å². The first kappa shape index (κ1) is 9.73. The third-order valence-corrected chi connectivity index (χ3v) is 2.70. The third-order valence-electron chi connectivity index (χ3n) is 2.16. The van der Waals surface area contributed by atoms with Gasteiger partial charge in [-0.25, -0.2) is 4.39 Å². The average Bonchev–Trinajstić information content (AvgIpc) is 1.96. The standard InChI is InChI=1S/C6H11FN2O2S/c7-3-1-5(9(10)11)4(8)2-6(3)12/h3-6,12H,1-2,8H2. The molecule has 1 aliphatic carbocycles. The van der Waals surface area contributed by atoms with Gasteiger partial charge < -0.3 is 5.73 Å². The number of halogens is 1. The molecule has 0 bridgehead atoms. The number of alkyl halides is 1. The zero-order valence-electron chi connectivity index (χ0n) is 6.39. The van der Waals surface area contributed by atoms with Crippen LogP contribution in [0.1, 0.15) is 12.8 Å². The zero-order chi connectivity index (χ0) is 9.30. The van der Waals surface area contributed by atoms with Gasteiger partial charge in [0.25, 0.3) is 0 Å². The van der Waals surface area contributed by atoms with Crippen LogP contribution in [0.3, 0.4) is 0 Å². The van der Waals surface area contributed by atoms with Gasteiger partial charge in [-0.15, -0.1) is 0 Å². The van der Waals surface area contributed by atoms with Gasteiger partial charge >= 0.3 is 0 Å². The van der Waals surface area contributed by atoms with Gasteiger partial charge in [0.1, 0.15) is 6.17 Å². The van der Waals surface area contributed by atoms with Crippen LogP contribution in [0.15, 0.2) is 0 Å². The Bertz CT molecular complexity index is 192. The van der Waals surface area contributed by atoms with Crippen molar-refractivity contribution in [2.24, 2.45) is 5.73 Å². The minimum absolute atomic E-state index is 0.109. The van der Waals surface area contributed by atoms with Gasteiger partial charge in [-0.2, -0.15) is 12.6 Å². The maximum Gasteiger partial charge on any atom is 0.230 e. The Kier molecular flexibility index (Phi) is 2.89. The van der Waals surface area contributed by atoms with E-state index < -0.39 is 28.4 Å². The van der Waals surface area contributed by atoms with E-state index in [9.17, 15) is 14.5 Å². The lowest BCUT2D eigenvalue weighted by Gasteiger charge is -2.28. The van der Waals surface area contributed by atoms with Crippen LogP contribution in [0, 0.1) is 10.1 Å². The van der Waals surface area contributed by atoms with E-state index in [1.807, 2.05) is 0 Å². The lowest BCUT2D eigenvalue weighted by atomic mass is 9.90. The van der Waals surface area contributed by atoms with Crippen LogP contribution in [0.2, 0.25) is 0 Å². The number of nitrogens with zero attached hydrogens (tertiary/aromatic N) is 1. The van der Waals surface area contributed by atoms with E-state index in [0.717, 1.165) is 0 Å². The fourth-order valence-electron chi connectivity index (χ4n) is 1.39. The Morgan fingerprint density at radius 1 is 1.58 bits per heavy atom. The Balaban J connectivity index is 2.61. The summed E-state index contributed by atoms with van der Waals surface area (Å²) in [7, 11) is 0. The summed E-state index contributed by atoms with van der Waals surface area (Å²) in [6.07, 6.45) is -1.04. The molecule has 1 fully saturated rings. The van der Waals surface area contributed by atoms with E-state index in [1.165, 1.54) is 0 Å². The van der Waals surface area contributed by atoms with Crippen molar-refractivity contribution in [1.82, 2.24) is 0 Å². The fourth-order valence-corrected chi connectivity index (χ4v) is 1.75. The summed E-state index contributed by atoms with van der Waals surface area (Å²) in [6.45, 7) is 0. The second-order valence-corrected chi connectivity index (χ2v) is 3.73. The smallest absolute Gasteiger partial charge is 0.230 e. The van der Waals surface area contributed by atoms with Gasteiger partial charge in [-0.3, -0.25) is 10.1 Å². The molecule has 12 heavy (non-hydrogen) atoms. The number of nitrogens with two attached hydrogens (primary N) is 1. The fraction of sp³-hybridized carbons (Fsp3) is 1.00. The van der Waals surface area contributed by atoms with Gasteiger partial charge in [0.15, 0.2) is 0 Å².